The van der Waals surface area contributed by atoms with Gasteiger partial charge >= 0.3 is 6.18 Å². The Morgan fingerprint density at radius 1 is 1.10 bits per heavy atom. The predicted octanol–water partition coefficient (Wildman–Crippen LogP) is 3.54. The molecule has 30 heavy (non-hydrogen) atoms. The van der Waals surface area contributed by atoms with E-state index in [0.29, 0.717) is 38.4 Å². The fourth-order valence-corrected chi connectivity index (χ4v) is 3.53. The molecule has 1 amide bonds. The maximum absolute atomic E-state index is 13.0. The summed E-state index contributed by atoms with van der Waals surface area (Å²) in [5.74, 6) is 0.658. The van der Waals surface area contributed by atoms with E-state index in [0.717, 1.165) is 17.4 Å². The number of halogens is 3. The van der Waals surface area contributed by atoms with E-state index in [1.807, 2.05) is 41.0 Å². The van der Waals surface area contributed by atoms with E-state index in [-0.39, 0.29) is 11.9 Å². The number of nitrogens with zero attached hydrogens (tertiary/aromatic N) is 2. The van der Waals surface area contributed by atoms with E-state index in [1.54, 1.807) is 13.2 Å². The summed E-state index contributed by atoms with van der Waals surface area (Å²) in [6, 6.07) is 12.6. The highest BCUT2D eigenvalue weighted by Gasteiger charge is 2.31. The number of hydrogen-bond donors (Lipinski definition) is 1. The highest BCUT2D eigenvalue weighted by Crippen LogP contribution is 2.32. The zero-order valence-electron chi connectivity index (χ0n) is 17.1. The molecule has 1 heterocycles. The van der Waals surface area contributed by atoms with Crippen LogP contribution in [0.1, 0.15) is 18.1 Å². The molecule has 1 aliphatic heterocycles. The molecule has 5 nitrogen and oxygen atoms in total. The Balaban J connectivity index is 1.52. The number of benzene rings is 2. The molecule has 1 fully saturated rings. The molecule has 0 spiro atoms. The number of anilines is 1. The third kappa shape index (κ3) is 5.44. The van der Waals surface area contributed by atoms with E-state index in [4.69, 9.17) is 4.74 Å². The van der Waals surface area contributed by atoms with Crippen molar-refractivity contribution >= 4 is 11.6 Å². The van der Waals surface area contributed by atoms with Gasteiger partial charge in [-0.2, -0.15) is 13.2 Å². The van der Waals surface area contributed by atoms with Crippen molar-refractivity contribution in [1.82, 2.24) is 10.2 Å². The first kappa shape index (κ1) is 22.0. The van der Waals surface area contributed by atoms with Gasteiger partial charge in [0.05, 0.1) is 18.7 Å². The molecule has 0 aromatic heterocycles. The van der Waals surface area contributed by atoms with Gasteiger partial charge in [-0.15, -0.1) is 0 Å². The minimum atomic E-state index is -4.35. The van der Waals surface area contributed by atoms with Gasteiger partial charge in [-0.1, -0.05) is 18.2 Å². The van der Waals surface area contributed by atoms with E-state index in [9.17, 15) is 18.0 Å². The van der Waals surface area contributed by atoms with Crippen LogP contribution >= 0.6 is 0 Å². The van der Waals surface area contributed by atoms with Gasteiger partial charge in [-0.3, -0.25) is 9.69 Å². The first-order valence-corrected chi connectivity index (χ1v) is 9.85. The van der Waals surface area contributed by atoms with Gasteiger partial charge in [-0.05, 0) is 42.8 Å². The molecular weight excluding hydrogens is 395 g/mol. The Kier molecular flexibility index (Phi) is 6.87. The largest absolute Gasteiger partial charge is 0.497 e. The van der Waals surface area contributed by atoms with Crippen LogP contribution in [0.15, 0.2) is 48.5 Å². The van der Waals surface area contributed by atoms with Gasteiger partial charge in [-0.25, -0.2) is 0 Å². The molecule has 1 atom stereocenters. The highest BCUT2D eigenvalue weighted by molar-refractivity contribution is 5.81. The number of ether oxygens (including phenoxy) is 1. The summed E-state index contributed by atoms with van der Waals surface area (Å²) in [5, 5.41) is 2.94. The van der Waals surface area contributed by atoms with Crippen molar-refractivity contribution in [3.8, 4) is 5.75 Å². The fraction of sp³-hybridized carbons (Fsp3) is 0.409. The minimum absolute atomic E-state index is 0.0784. The number of alkyl halides is 3. The van der Waals surface area contributed by atoms with Gasteiger partial charge in [0.2, 0.25) is 5.91 Å². The summed E-state index contributed by atoms with van der Waals surface area (Å²) in [6.45, 7) is 4.59. The monoisotopic (exact) mass is 421 g/mol. The Labute approximate surface area is 174 Å². The number of piperazine rings is 1. The Bertz CT molecular complexity index is 865. The third-order valence-electron chi connectivity index (χ3n) is 5.38. The molecule has 3 rings (SSSR count). The van der Waals surface area contributed by atoms with E-state index < -0.39 is 11.7 Å². The lowest BCUT2D eigenvalue weighted by Gasteiger charge is -2.38. The molecule has 1 unspecified atom stereocenters. The van der Waals surface area contributed by atoms with Gasteiger partial charge < -0.3 is 15.0 Å². The van der Waals surface area contributed by atoms with Crippen LogP contribution in [-0.2, 0) is 17.5 Å². The molecule has 0 bridgehead atoms. The van der Waals surface area contributed by atoms with Crippen LogP contribution in [0, 0.1) is 0 Å². The third-order valence-corrected chi connectivity index (χ3v) is 5.38. The van der Waals surface area contributed by atoms with Crippen molar-refractivity contribution in [2.75, 3.05) is 38.2 Å². The predicted molar refractivity (Wildman–Crippen MR) is 110 cm³/mol. The summed E-state index contributed by atoms with van der Waals surface area (Å²) < 4.78 is 44.0. The summed E-state index contributed by atoms with van der Waals surface area (Å²) in [6.07, 6.45) is -4.35. The summed E-state index contributed by atoms with van der Waals surface area (Å²) in [4.78, 5) is 16.5. The standard InChI is InChI=1S/C22H26F3N3O2/c1-16(21(29)26-15-17-5-3-8-20(13-17)30-2)27-9-11-28(12-10-27)19-7-4-6-18(14-19)22(23,24)25/h3-8,13-14,16H,9-12,15H2,1-2H3,(H,26,29). The molecule has 8 heteroatoms. The second-order valence-electron chi connectivity index (χ2n) is 7.32. The lowest BCUT2D eigenvalue weighted by molar-refractivity contribution is -0.137. The fourth-order valence-electron chi connectivity index (χ4n) is 3.53. The topological polar surface area (TPSA) is 44.8 Å². The van der Waals surface area contributed by atoms with Crippen molar-refractivity contribution in [3.05, 3.63) is 59.7 Å². The number of nitrogens with one attached hydrogen (secondary N) is 1. The lowest BCUT2D eigenvalue weighted by atomic mass is 10.1. The average molecular weight is 421 g/mol. The molecule has 1 aliphatic rings. The molecule has 0 saturated carbocycles. The van der Waals surface area contributed by atoms with Crippen molar-refractivity contribution in [1.29, 1.82) is 0 Å². The summed E-state index contributed by atoms with van der Waals surface area (Å²) in [5.41, 5.74) is 0.858. The molecule has 0 aliphatic carbocycles. The summed E-state index contributed by atoms with van der Waals surface area (Å²) >= 11 is 0. The molecule has 1 saturated heterocycles. The first-order valence-electron chi connectivity index (χ1n) is 9.85. The molecule has 0 radical (unpaired) electrons. The van der Waals surface area contributed by atoms with Crippen LogP contribution in [0.4, 0.5) is 18.9 Å². The number of hydrogen-bond acceptors (Lipinski definition) is 4. The number of carbonyl (C=O) groups is 1. The average Bonchev–Trinajstić information content (AvgIpc) is 2.76. The number of methoxy groups -OCH3 is 1. The van der Waals surface area contributed by atoms with Crippen LogP contribution in [0.25, 0.3) is 0 Å². The minimum Gasteiger partial charge on any atom is -0.497 e. The SMILES string of the molecule is COc1cccc(CNC(=O)C(C)N2CCN(c3cccc(C(F)(F)F)c3)CC2)c1. The molecule has 2 aromatic rings. The first-order chi connectivity index (χ1) is 14.3. The molecule has 162 valence electrons. The van der Waals surface area contributed by atoms with Crippen molar-refractivity contribution in [2.24, 2.45) is 0 Å². The van der Waals surface area contributed by atoms with Crippen LogP contribution in [0.5, 0.6) is 5.75 Å². The van der Waals surface area contributed by atoms with Gasteiger partial charge in [0, 0.05) is 38.4 Å². The molecule has 1 N–H and O–H groups in total. The number of rotatable bonds is 6. The number of amides is 1. The Hall–Kier alpha value is -2.74. The zero-order chi connectivity index (χ0) is 21.7. The van der Waals surface area contributed by atoms with E-state index >= 15 is 0 Å². The summed E-state index contributed by atoms with van der Waals surface area (Å²) in [7, 11) is 1.60. The Morgan fingerprint density at radius 2 is 1.80 bits per heavy atom. The van der Waals surface area contributed by atoms with Crippen LogP contribution < -0.4 is 15.0 Å². The van der Waals surface area contributed by atoms with E-state index in [2.05, 4.69) is 5.32 Å². The second kappa shape index (κ2) is 9.38. The van der Waals surface area contributed by atoms with Crippen molar-refractivity contribution < 1.29 is 22.7 Å². The maximum Gasteiger partial charge on any atom is 0.416 e. The van der Waals surface area contributed by atoms with E-state index in [1.165, 1.54) is 12.1 Å². The molecule has 2 aromatic carbocycles. The van der Waals surface area contributed by atoms with Gasteiger partial charge in [0.15, 0.2) is 0 Å². The zero-order valence-corrected chi connectivity index (χ0v) is 17.1. The smallest absolute Gasteiger partial charge is 0.416 e. The maximum atomic E-state index is 13.0. The second-order valence-corrected chi connectivity index (χ2v) is 7.32. The van der Waals surface area contributed by atoms with Crippen molar-refractivity contribution in [3.63, 3.8) is 0 Å². The number of carbonyl (C=O) groups excluding carboxylic acids is 1. The van der Waals surface area contributed by atoms with Gasteiger partial charge in [0.25, 0.3) is 0 Å². The normalized spacial score (nSPS) is 16.2. The highest BCUT2D eigenvalue weighted by atomic mass is 19.4. The van der Waals surface area contributed by atoms with Crippen LogP contribution in [-0.4, -0.2) is 50.1 Å². The lowest BCUT2D eigenvalue weighted by Crippen LogP contribution is -2.53. The Morgan fingerprint density at radius 3 is 2.47 bits per heavy atom. The quantitative estimate of drug-likeness (QED) is 0.775. The molecular formula is C22H26F3N3O2. The van der Waals surface area contributed by atoms with Gasteiger partial charge in [0.1, 0.15) is 5.75 Å². The van der Waals surface area contributed by atoms with Crippen LogP contribution in [0.3, 0.4) is 0 Å². The van der Waals surface area contributed by atoms with Crippen LogP contribution in [0.2, 0.25) is 0 Å². The van der Waals surface area contributed by atoms with Crippen molar-refractivity contribution in [2.45, 2.75) is 25.7 Å².